The zero-order chi connectivity index (χ0) is 22.6. The van der Waals surface area contributed by atoms with Crippen molar-refractivity contribution in [2.75, 3.05) is 13.2 Å². The Morgan fingerprint density at radius 1 is 0.844 bits per heavy atom. The number of fused-ring (bicyclic) bond motifs is 1. The molecule has 0 N–H and O–H groups in total. The summed E-state index contributed by atoms with van der Waals surface area (Å²) < 4.78 is 31.4. The van der Waals surface area contributed by atoms with Gasteiger partial charge < -0.3 is 13.8 Å². The lowest BCUT2D eigenvalue weighted by Crippen LogP contribution is -2.35. The van der Waals surface area contributed by atoms with Crippen molar-refractivity contribution in [1.82, 2.24) is 0 Å². The second-order valence-electron chi connectivity index (χ2n) is 7.45. The molecule has 0 radical (unpaired) electrons. The van der Waals surface area contributed by atoms with E-state index in [9.17, 15) is 4.57 Å². The molecule has 0 aromatic heterocycles. The van der Waals surface area contributed by atoms with E-state index in [1.54, 1.807) is 0 Å². The maximum absolute atomic E-state index is 13.5. The van der Waals surface area contributed by atoms with Crippen LogP contribution >= 0.6 is 18.2 Å². The molecule has 0 aliphatic carbocycles. The minimum Gasteiger partial charge on any atom is -0.473 e. The lowest BCUT2D eigenvalue weighted by atomic mass is 9.83. The van der Waals surface area contributed by atoms with Crippen LogP contribution in [-0.4, -0.2) is 13.2 Å². The van der Waals surface area contributed by atoms with Gasteiger partial charge in [0, 0.05) is 21.6 Å². The largest absolute Gasteiger partial charge is 0.473 e. The Hall–Kier alpha value is -2.30. The van der Waals surface area contributed by atoms with E-state index in [1.165, 1.54) is 5.56 Å². The fourth-order valence-electron chi connectivity index (χ4n) is 3.76. The molecule has 1 aliphatic heterocycles. The molecule has 166 valence electrons. The van der Waals surface area contributed by atoms with Gasteiger partial charge in [-0.15, -0.1) is 0 Å². The van der Waals surface area contributed by atoms with E-state index < -0.39 is 12.4 Å². The van der Waals surface area contributed by atoms with Gasteiger partial charge in [0.25, 0.3) is 0 Å². The standard InChI is InChI=1S/C26H27O4PS/c1-4-28-31(27,29-5-2)32-25-19-26(21-11-7-6-8-12-21,22-17-15-20(3)16-18-22)30-24-14-10-9-13-23(24)25/h6-19H,4-5H2,1-3H3. The number of para-hydroxylation sites is 1. The number of hydrogen-bond donors (Lipinski definition) is 0. The first-order valence-corrected chi connectivity index (χ1v) is 13.7. The highest BCUT2D eigenvalue weighted by Gasteiger charge is 2.41. The molecule has 1 atom stereocenters. The maximum Gasteiger partial charge on any atom is 0.393 e. The van der Waals surface area contributed by atoms with Crippen LogP contribution in [0, 0.1) is 6.92 Å². The van der Waals surface area contributed by atoms with Gasteiger partial charge in [-0.25, -0.2) is 4.57 Å². The maximum atomic E-state index is 13.5. The van der Waals surface area contributed by atoms with E-state index in [0.717, 1.165) is 38.7 Å². The molecule has 0 bridgehead atoms. The van der Waals surface area contributed by atoms with Crippen LogP contribution in [0.1, 0.15) is 36.1 Å². The Bertz CT molecular complexity index is 1130. The Morgan fingerprint density at radius 3 is 2.09 bits per heavy atom. The molecular weight excluding hydrogens is 439 g/mol. The lowest BCUT2D eigenvalue weighted by molar-refractivity contribution is 0.160. The van der Waals surface area contributed by atoms with Gasteiger partial charge in [0.2, 0.25) is 0 Å². The summed E-state index contributed by atoms with van der Waals surface area (Å²) in [5.41, 5.74) is 3.14. The van der Waals surface area contributed by atoms with Crippen LogP contribution in [0.5, 0.6) is 5.75 Å². The molecule has 0 saturated carbocycles. The molecule has 0 spiro atoms. The van der Waals surface area contributed by atoms with Crippen molar-refractivity contribution in [3.05, 3.63) is 107 Å². The number of ether oxygens (including phenoxy) is 1. The van der Waals surface area contributed by atoms with Gasteiger partial charge in [0.15, 0.2) is 5.60 Å². The van der Waals surface area contributed by atoms with Crippen molar-refractivity contribution in [3.8, 4) is 5.75 Å². The number of hydrogen-bond acceptors (Lipinski definition) is 5. The molecule has 1 heterocycles. The van der Waals surface area contributed by atoms with Gasteiger partial charge in [0.05, 0.1) is 13.2 Å². The normalized spacial score (nSPS) is 17.9. The topological polar surface area (TPSA) is 44.8 Å². The first kappa shape index (κ1) is 22.9. The highest BCUT2D eigenvalue weighted by Crippen LogP contribution is 2.67. The molecule has 1 aliphatic rings. The van der Waals surface area contributed by atoms with Crippen LogP contribution in [0.15, 0.2) is 84.9 Å². The van der Waals surface area contributed by atoms with E-state index in [4.69, 9.17) is 13.8 Å². The summed E-state index contributed by atoms with van der Waals surface area (Å²) in [6, 6.07) is 26.2. The fraction of sp³-hybridized carbons (Fsp3) is 0.231. The van der Waals surface area contributed by atoms with Gasteiger partial charge in [-0.2, -0.15) is 0 Å². The Kier molecular flexibility index (Phi) is 6.92. The predicted molar refractivity (Wildman–Crippen MR) is 132 cm³/mol. The second kappa shape index (κ2) is 9.68. The Morgan fingerprint density at radius 2 is 1.44 bits per heavy atom. The lowest BCUT2D eigenvalue weighted by Gasteiger charge is -2.38. The minimum absolute atomic E-state index is 0.303. The van der Waals surface area contributed by atoms with Crippen LogP contribution in [0.2, 0.25) is 0 Å². The Balaban J connectivity index is 1.93. The minimum atomic E-state index is -3.40. The zero-order valence-corrected chi connectivity index (χ0v) is 20.2. The average Bonchev–Trinajstić information content (AvgIpc) is 2.80. The molecule has 32 heavy (non-hydrogen) atoms. The molecule has 3 aromatic carbocycles. The van der Waals surface area contributed by atoms with Crippen LogP contribution in [0.4, 0.5) is 0 Å². The number of aryl methyl sites for hydroxylation is 1. The van der Waals surface area contributed by atoms with Crippen LogP contribution < -0.4 is 4.74 Å². The summed E-state index contributed by atoms with van der Waals surface area (Å²) in [5.74, 6) is 0.724. The summed E-state index contributed by atoms with van der Waals surface area (Å²) >= 11 is 1.15. The Labute approximate surface area is 193 Å². The predicted octanol–water partition coefficient (Wildman–Crippen LogP) is 7.59. The van der Waals surface area contributed by atoms with E-state index >= 15 is 0 Å². The number of rotatable bonds is 8. The van der Waals surface area contributed by atoms with Crippen molar-refractivity contribution in [3.63, 3.8) is 0 Å². The molecule has 4 nitrogen and oxygen atoms in total. The van der Waals surface area contributed by atoms with Crippen molar-refractivity contribution in [2.24, 2.45) is 0 Å². The third-order valence-electron chi connectivity index (χ3n) is 5.23. The van der Waals surface area contributed by atoms with Gasteiger partial charge in [-0.1, -0.05) is 78.4 Å². The van der Waals surface area contributed by atoms with Gasteiger partial charge >= 0.3 is 6.80 Å². The van der Waals surface area contributed by atoms with Crippen molar-refractivity contribution < 1.29 is 18.3 Å². The van der Waals surface area contributed by atoms with Crippen molar-refractivity contribution in [2.45, 2.75) is 26.4 Å². The molecule has 6 heteroatoms. The quantitative estimate of drug-likeness (QED) is 0.320. The van der Waals surface area contributed by atoms with Gasteiger partial charge in [-0.05, 0) is 44.3 Å². The molecule has 0 amide bonds. The highest BCUT2D eigenvalue weighted by molar-refractivity contribution is 8.59. The number of benzene rings is 3. The van der Waals surface area contributed by atoms with Crippen molar-refractivity contribution >= 4 is 23.1 Å². The van der Waals surface area contributed by atoms with Crippen molar-refractivity contribution in [1.29, 1.82) is 0 Å². The van der Waals surface area contributed by atoms with Gasteiger partial charge in [-0.3, -0.25) is 0 Å². The highest BCUT2D eigenvalue weighted by atomic mass is 32.7. The third-order valence-corrected chi connectivity index (χ3v) is 9.03. The van der Waals surface area contributed by atoms with Crippen LogP contribution in [-0.2, 0) is 19.2 Å². The monoisotopic (exact) mass is 466 g/mol. The first-order valence-electron chi connectivity index (χ1n) is 10.7. The molecule has 3 aromatic rings. The summed E-state index contributed by atoms with van der Waals surface area (Å²) in [6.45, 7) is 2.91. The molecular formula is C26H27O4PS. The molecule has 1 unspecified atom stereocenters. The zero-order valence-electron chi connectivity index (χ0n) is 18.5. The van der Waals surface area contributed by atoms with E-state index in [-0.39, 0.29) is 0 Å². The van der Waals surface area contributed by atoms with E-state index in [1.807, 2.05) is 62.4 Å². The van der Waals surface area contributed by atoms with E-state index in [0.29, 0.717) is 13.2 Å². The summed E-state index contributed by atoms with van der Waals surface area (Å²) in [5, 5.41) is 0. The molecule has 0 fully saturated rings. The van der Waals surface area contributed by atoms with E-state index in [2.05, 4.69) is 43.3 Å². The van der Waals surface area contributed by atoms with Crippen LogP contribution in [0.3, 0.4) is 0 Å². The first-order chi connectivity index (χ1) is 15.5. The summed E-state index contributed by atoms with van der Waals surface area (Å²) in [6.07, 6.45) is 2.05. The van der Waals surface area contributed by atoms with Gasteiger partial charge in [0.1, 0.15) is 5.75 Å². The summed E-state index contributed by atoms with van der Waals surface area (Å²) in [4.78, 5) is 0.807. The fourth-order valence-corrected chi connectivity index (χ4v) is 7.43. The van der Waals surface area contributed by atoms with Crippen LogP contribution in [0.25, 0.3) is 4.91 Å². The average molecular weight is 467 g/mol. The molecule has 4 rings (SSSR count). The second-order valence-corrected chi connectivity index (χ2v) is 11.4. The smallest absolute Gasteiger partial charge is 0.393 e. The molecule has 0 saturated heterocycles. The SMILES string of the molecule is CCOP(=O)(OCC)SC1=CC(c2ccccc2)(c2ccc(C)cc2)Oc2ccccc21. The third kappa shape index (κ3) is 4.57. The summed E-state index contributed by atoms with van der Waals surface area (Å²) in [7, 11) is 0.